The van der Waals surface area contributed by atoms with Crippen molar-refractivity contribution in [1.82, 2.24) is 5.32 Å². The number of benzene rings is 1. The van der Waals surface area contributed by atoms with Crippen LogP contribution in [0.15, 0.2) is 18.2 Å². The van der Waals surface area contributed by atoms with Gasteiger partial charge in [-0.3, -0.25) is 0 Å². The molecule has 0 radical (unpaired) electrons. The van der Waals surface area contributed by atoms with Crippen LogP contribution in [0.25, 0.3) is 0 Å². The molecule has 1 aromatic rings. The van der Waals surface area contributed by atoms with Crippen LogP contribution in [0.2, 0.25) is 0 Å². The van der Waals surface area contributed by atoms with Crippen LogP contribution in [0.5, 0.6) is 11.5 Å². The van der Waals surface area contributed by atoms with Crippen LogP contribution in [0.3, 0.4) is 0 Å². The summed E-state index contributed by atoms with van der Waals surface area (Å²) in [6.45, 7) is 3.68. The minimum atomic E-state index is -3.66. The fraction of sp³-hybridized carbons (Fsp3) is 0.462. The Kier molecular flexibility index (Phi) is 3.12. The molecule has 2 amide bonds. The molecule has 2 N–H and O–H groups in total. The molecule has 1 fully saturated rings. The van der Waals surface area contributed by atoms with Crippen LogP contribution >= 0.6 is 0 Å². The summed E-state index contributed by atoms with van der Waals surface area (Å²) in [5, 5.41) is 5.26. The molecule has 114 valence electrons. The van der Waals surface area contributed by atoms with Gasteiger partial charge in [0.1, 0.15) is 0 Å². The monoisotopic (exact) mass is 300 g/mol. The molecule has 0 spiro atoms. The third kappa shape index (κ3) is 2.99. The molecular formula is C13H14F2N2O4. The van der Waals surface area contributed by atoms with Gasteiger partial charge < -0.3 is 24.8 Å². The largest absolute Gasteiger partial charge is 0.586 e. The van der Waals surface area contributed by atoms with E-state index in [0.29, 0.717) is 25.4 Å². The van der Waals surface area contributed by atoms with Gasteiger partial charge in [-0.25, -0.2) is 4.79 Å². The van der Waals surface area contributed by atoms with Gasteiger partial charge in [-0.2, -0.15) is 0 Å². The molecule has 0 atom stereocenters. The number of nitrogens with one attached hydrogen (secondary N) is 2. The molecule has 8 heteroatoms. The molecule has 21 heavy (non-hydrogen) atoms. The number of urea groups is 1. The second-order valence-corrected chi connectivity index (χ2v) is 5.44. The van der Waals surface area contributed by atoms with Crippen LogP contribution in [0.1, 0.15) is 6.92 Å². The van der Waals surface area contributed by atoms with E-state index in [-0.39, 0.29) is 16.9 Å². The number of ether oxygens (including phenoxy) is 3. The van der Waals surface area contributed by atoms with E-state index in [1.807, 2.05) is 6.92 Å². The van der Waals surface area contributed by atoms with E-state index in [0.717, 1.165) is 0 Å². The average Bonchev–Trinajstić information content (AvgIpc) is 2.67. The summed E-state index contributed by atoms with van der Waals surface area (Å²) < 4.78 is 39.4. The van der Waals surface area contributed by atoms with Crippen LogP contribution in [0.4, 0.5) is 19.3 Å². The zero-order valence-corrected chi connectivity index (χ0v) is 11.2. The van der Waals surface area contributed by atoms with Crippen molar-refractivity contribution in [3.8, 4) is 11.5 Å². The van der Waals surface area contributed by atoms with Crippen molar-refractivity contribution < 1.29 is 27.8 Å². The highest BCUT2D eigenvalue weighted by molar-refractivity contribution is 5.89. The molecule has 2 heterocycles. The fourth-order valence-corrected chi connectivity index (χ4v) is 2.05. The SMILES string of the molecule is CC1(CNC(=O)Nc2ccc3c(c2)OC(F)(F)O3)COC1. The molecule has 0 bridgehead atoms. The van der Waals surface area contributed by atoms with E-state index >= 15 is 0 Å². The van der Waals surface area contributed by atoms with Crippen molar-refractivity contribution in [2.24, 2.45) is 5.41 Å². The quantitative estimate of drug-likeness (QED) is 0.897. The lowest BCUT2D eigenvalue weighted by Gasteiger charge is -2.37. The van der Waals surface area contributed by atoms with Crippen LogP contribution < -0.4 is 20.1 Å². The third-order valence-electron chi connectivity index (χ3n) is 3.24. The van der Waals surface area contributed by atoms with Crippen molar-refractivity contribution in [1.29, 1.82) is 0 Å². The molecular weight excluding hydrogens is 286 g/mol. The number of hydrogen-bond donors (Lipinski definition) is 2. The highest BCUT2D eigenvalue weighted by atomic mass is 19.3. The predicted octanol–water partition coefficient (Wildman–Crippen LogP) is 2.17. The average molecular weight is 300 g/mol. The lowest BCUT2D eigenvalue weighted by molar-refractivity contribution is -0.286. The Bertz CT molecular complexity index is 575. The normalized spacial score (nSPS) is 20.5. The molecule has 1 aromatic carbocycles. The minimum absolute atomic E-state index is 0.0473. The highest BCUT2D eigenvalue weighted by Gasteiger charge is 2.43. The summed E-state index contributed by atoms with van der Waals surface area (Å²) in [7, 11) is 0. The van der Waals surface area contributed by atoms with Gasteiger partial charge in [-0.1, -0.05) is 6.92 Å². The molecule has 0 aromatic heterocycles. The second kappa shape index (κ2) is 4.73. The van der Waals surface area contributed by atoms with E-state index in [2.05, 4.69) is 20.1 Å². The first-order valence-corrected chi connectivity index (χ1v) is 6.38. The first-order chi connectivity index (χ1) is 9.85. The van der Waals surface area contributed by atoms with Crippen LogP contribution in [-0.2, 0) is 4.74 Å². The molecule has 0 saturated carbocycles. The first kappa shape index (κ1) is 13.9. The Labute approximate surface area is 119 Å². The van der Waals surface area contributed by atoms with E-state index in [1.165, 1.54) is 18.2 Å². The number of alkyl halides is 2. The first-order valence-electron chi connectivity index (χ1n) is 6.38. The topological polar surface area (TPSA) is 68.8 Å². The Morgan fingerprint density at radius 3 is 2.67 bits per heavy atom. The summed E-state index contributed by atoms with van der Waals surface area (Å²) in [4.78, 5) is 11.7. The smallest absolute Gasteiger partial charge is 0.395 e. The maximum absolute atomic E-state index is 12.9. The Morgan fingerprint density at radius 1 is 1.29 bits per heavy atom. The lowest BCUT2D eigenvalue weighted by Crippen LogP contribution is -2.49. The minimum Gasteiger partial charge on any atom is -0.395 e. The van der Waals surface area contributed by atoms with E-state index < -0.39 is 12.3 Å². The molecule has 0 aliphatic carbocycles. The number of amides is 2. The zero-order valence-electron chi connectivity index (χ0n) is 11.2. The summed E-state index contributed by atoms with van der Waals surface area (Å²) in [5.41, 5.74) is 0.288. The number of carbonyl (C=O) groups excluding carboxylic acids is 1. The highest BCUT2D eigenvalue weighted by Crippen LogP contribution is 2.42. The van der Waals surface area contributed by atoms with Crippen molar-refractivity contribution in [3.05, 3.63) is 18.2 Å². The van der Waals surface area contributed by atoms with Gasteiger partial charge in [0, 0.05) is 23.7 Å². The van der Waals surface area contributed by atoms with E-state index in [4.69, 9.17) is 4.74 Å². The van der Waals surface area contributed by atoms with Gasteiger partial charge in [0.15, 0.2) is 11.5 Å². The van der Waals surface area contributed by atoms with Crippen molar-refractivity contribution in [2.45, 2.75) is 13.2 Å². The number of fused-ring (bicyclic) bond motifs is 1. The Hall–Kier alpha value is -2.09. The summed E-state index contributed by atoms with van der Waals surface area (Å²) in [6.07, 6.45) is -3.66. The van der Waals surface area contributed by atoms with Gasteiger partial charge >= 0.3 is 12.3 Å². The van der Waals surface area contributed by atoms with Crippen LogP contribution in [-0.4, -0.2) is 32.1 Å². The van der Waals surface area contributed by atoms with Gasteiger partial charge in [0.2, 0.25) is 0 Å². The molecule has 1 saturated heterocycles. The number of carbonyl (C=O) groups is 1. The number of hydrogen-bond acceptors (Lipinski definition) is 4. The number of halogens is 2. The molecule has 2 aliphatic rings. The van der Waals surface area contributed by atoms with Gasteiger partial charge in [0.25, 0.3) is 0 Å². The predicted molar refractivity (Wildman–Crippen MR) is 68.6 cm³/mol. The molecule has 3 rings (SSSR count). The second-order valence-electron chi connectivity index (χ2n) is 5.44. The van der Waals surface area contributed by atoms with Gasteiger partial charge in [-0.05, 0) is 12.1 Å². The van der Waals surface area contributed by atoms with Crippen LogP contribution in [0, 0.1) is 5.41 Å². The Morgan fingerprint density at radius 2 is 2.00 bits per heavy atom. The summed E-state index contributed by atoms with van der Waals surface area (Å²) >= 11 is 0. The maximum Gasteiger partial charge on any atom is 0.586 e. The molecule has 0 unspecified atom stereocenters. The fourth-order valence-electron chi connectivity index (χ4n) is 2.05. The number of anilines is 1. The van der Waals surface area contributed by atoms with Crippen molar-refractivity contribution in [2.75, 3.05) is 25.1 Å². The summed E-state index contributed by atoms with van der Waals surface area (Å²) in [6, 6.07) is 3.63. The van der Waals surface area contributed by atoms with Crippen molar-refractivity contribution >= 4 is 11.7 Å². The third-order valence-corrected chi connectivity index (χ3v) is 3.24. The Balaban J connectivity index is 1.57. The van der Waals surface area contributed by atoms with Gasteiger partial charge in [0.05, 0.1) is 13.2 Å². The molecule has 2 aliphatic heterocycles. The zero-order chi connectivity index (χ0) is 15.1. The van der Waals surface area contributed by atoms with Gasteiger partial charge in [-0.15, -0.1) is 8.78 Å². The van der Waals surface area contributed by atoms with E-state index in [1.54, 1.807) is 0 Å². The molecule has 6 nitrogen and oxygen atoms in total. The standard InChI is InChI=1S/C13H14F2N2O4/c1-12(6-19-7-12)5-16-11(18)17-8-2-3-9-10(4-8)21-13(14,15)20-9/h2-4H,5-7H2,1H3,(H2,16,17,18). The van der Waals surface area contributed by atoms with E-state index in [9.17, 15) is 13.6 Å². The van der Waals surface area contributed by atoms with Crippen molar-refractivity contribution in [3.63, 3.8) is 0 Å². The lowest BCUT2D eigenvalue weighted by atomic mass is 9.89. The summed E-state index contributed by atoms with van der Waals surface area (Å²) in [5.74, 6) is -0.178. The maximum atomic E-state index is 12.9. The number of rotatable bonds is 3.